The Morgan fingerprint density at radius 2 is 1.90 bits per heavy atom. The third-order valence-corrected chi connectivity index (χ3v) is 3.85. The highest BCUT2D eigenvalue weighted by molar-refractivity contribution is 5.49. The summed E-state index contributed by atoms with van der Waals surface area (Å²) in [5.74, 6) is 1.08. The molecule has 0 aliphatic rings. The van der Waals surface area contributed by atoms with Gasteiger partial charge in [-0.3, -0.25) is 0 Å². The van der Waals surface area contributed by atoms with Crippen LogP contribution in [-0.4, -0.2) is 19.6 Å². The summed E-state index contributed by atoms with van der Waals surface area (Å²) < 4.78 is 14.4. The summed E-state index contributed by atoms with van der Waals surface area (Å²) in [4.78, 5) is 2.13. The molecular weight excluding hydrogens is 263 g/mol. The van der Waals surface area contributed by atoms with E-state index in [1.54, 1.807) is 6.07 Å². The van der Waals surface area contributed by atoms with Crippen molar-refractivity contribution in [1.82, 2.24) is 5.32 Å². The summed E-state index contributed by atoms with van der Waals surface area (Å²) in [5.41, 5.74) is 1.74. The number of rotatable bonds is 9. The minimum Gasteiger partial charge on any atom is -0.369 e. The Balaban J connectivity index is 2.71. The summed E-state index contributed by atoms with van der Waals surface area (Å²) in [7, 11) is 0. The molecule has 1 unspecified atom stereocenters. The first-order chi connectivity index (χ1) is 9.97. The zero-order valence-corrected chi connectivity index (χ0v) is 14.2. The first-order valence-electron chi connectivity index (χ1n) is 8.21. The maximum absolute atomic E-state index is 14.4. The lowest BCUT2D eigenvalue weighted by molar-refractivity contribution is 0.535. The zero-order valence-electron chi connectivity index (χ0n) is 14.2. The molecule has 1 N–H and O–H groups in total. The van der Waals surface area contributed by atoms with Crippen LogP contribution >= 0.6 is 0 Å². The quantitative estimate of drug-likeness (QED) is 0.724. The zero-order chi connectivity index (χ0) is 15.8. The second-order valence-electron chi connectivity index (χ2n) is 6.36. The van der Waals surface area contributed by atoms with Crippen molar-refractivity contribution in [1.29, 1.82) is 0 Å². The molecule has 120 valence electrons. The van der Waals surface area contributed by atoms with Crippen molar-refractivity contribution in [2.45, 2.75) is 47.6 Å². The van der Waals surface area contributed by atoms with Crippen LogP contribution in [0.4, 0.5) is 10.1 Å². The van der Waals surface area contributed by atoms with Gasteiger partial charge in [-0.2, -0.15) is 0 Å². The fourth-order valence-corrected chi connectivity index (χ4v) is 2.33. The van der Waals surface area contributed by atoms with E-state index in [9.17, 15) is 4.39 Å². The highest BCUT2D eigenvalue weighted by Gasteiger charge is 2.13. The Morgan fingerprint density at radius 1 is 1.19 bits per heavy atom. The van der Waals surface area contributed by atoms with Crippen molar-refractivity contribution >= 4 is 5.69 Å². The third-order valence-electron chi connectivity index (χ3n) is 3.85. The van der Waals surface area contributed by atoms with Crippen LogP contribution in [0.1, 0.15) is 46.6 Å². The number of nitrogens with one attached hydrogen (secondary N) is 1. The summed E-state index contributed by atoms with van der Waals surface area (Å²) in [5, 5.41) is 3.35. The van der Waals surface area contributed by atoms with Crippen LogP contribution in [0.5, 0.6) is 0 Å². The number of hydrogen-bond donors (Lipinski definition) is 1. The van der Waals surface area contributed by atoms with Gasteiger partial charge in [-0.15, -0.1) is 0 Å². The Kier molecular flexibility index (Phi) is 7.73. The predicted octanol–water partition coefficient (Wildman–Crippen LogP) is 4.44. The molecule has 3 heteroatoms. The van der Waals surface area contributed by atoms with Gasteiger partial charge in [0.1, 0.15) is 5.82 Å². The molecule has 1 aromatic rings. The fourth-order valence-electron chi connectivity index (χ4n) is 2.33. The van der Waals surface area contributed by atoms with E-state index in [4.69, 9.17) is 0 Å². The Morgan fingerprint density at radius 3 is 2.43 bits per heavy atom. The number of hydrogen-bond acceptors (Lipinski definition) is 2. The van der Waals surface area contributed by atoms with Gasteiger partial charge in [0.2, 0.25) is 0 Å². The number of halogens is 1. The molecule has 0 saturated heterocycles. The van der Waals surface area contributed by atoms with Gasteiger partial charge >= 0.3 is 0 Å². The smallest absolute Gasteiger partial charge is 0.146 e. The second-order valence-corrected chi connectivity index (χ2v) is 6.36. The summed E-state index contributed by atoms with van der Waals surface area (Å²) in [6.45, 7) is 14.3. The number of benzene rings is 1. The van der Waals surface area contributed by atoms with E-state index in [0.29, 0.717) is 11.8 Å². The highest BCUT2D eigenvalue weighted by Crippen LogP contribution is 2.22. The van der Waals surface area contributed by atoms with E-state index in [1.165, 1.54) is 0 Å². The van der Waals surface area contributed by atoms with Crippen LogP contribution in [0.15, 0.2) is 18.2 Å². The monoisotopic (exact) mass is 294 g/mol. The molecule has 0 spiro atoms. The van der Waals surface area contributed by atoms with Crippen LogP contribution in [0, 0.1) is 17.7 Å². The van der Waals surface area contributed by atoms with Crippen molar-refractivity contribution in [2.75, 3.05) is 24.5 Å². The van der Waals surface area contributed by atoms with Gasteiger partial charge in [0.25, 0.3) is 0 Å². The van der Waals surface area contributed by atoms with Crippen molar-refractivity contribution in [3.8, 4) is 0 Å². The predicted molar refractivity (Wildman–Crippen MR) is 90.3 cm³/mol. The minimum atomic E-state index is -0.107. The molecule has 2 nitrogen and oxygen atoms in total. The van der Waals surface area contributed by atoms with Gasteiger partial charge in [0.15, 0.2) is 0 Å². The van der Waals surface area contributed by atoms with Gasteiger partial charge in [0.05, 0.1) is 5.69 Å². The summed E-state index contributed by atoms with van der Waals surface area (Å²) in [6, 6.07) is 5.63. The van der Waals surface area contributed by atoms with Crippen LogP contribution in [0.25, 0.3) is 0 Å². The summed E-state index contributed by atoms with van der Waals surface area (Å²) in [6.07, 6.45) is 1.12. The molecular formula is C18H31FN2. The number of anilines is 1. The average molecular weight is 294 g/mol. The topological polar surface area (TPSA) is 15.3 Å². The lowest BCUT2D eigenvalue weighted by Crippen LogP contribution is -2.29. The highest BCUT2D eigenvalue weighted by atomic mass is 19.1. The van der Waals surface area contributed by atoms with E-state index < -0.39 is 0 Å². The Bertz CT molecular complexity index is 418. The molecule has 1 rings (SSSR count). The lowest BCUT2D eigenvalue weighted by atomic mass is 10.1. The van der Waals surface area contributed by atoms with E-state index in [2.05, 4.69) is 44.8 Å². The van der Waals surface area contributed by atoms with Crippen molar-refractivity contribution in [3.05, 3.63) is 29.6 Å². The van der Waals surface area contributed by atoms with E-state index in [1.807, 2.05) is 12.1 Å². The SMILES string of the molecule is CCC(C)CN(CC)c1ccc(CNCC(C)C)cc1F. The minimum absolute atomic E-state index is 0.107. The van der Waals surface area contributed by atoms with Crippen LogP contribution < -0.4 is 10.2 Å². The Hall–Kier alpha value is -1.09. The lowest BCUT2D eigenvalue weighted by Gasteiger charge is -2.26. The van der Waals surface area contributed by atoms with E-state index in [-0.39, 0.29) is 5.82 Å². The van der Waals surface area contributed by atoms with Gasteiger partial charge in [-0.05, 0) is 43.0 Å². The average Bonchev–Trinajstić information content (AvgIpc) is 2.44. The molecule has 0 amide bonds. The largest absolute Gasteiger partial charge is 0.369 e. The molecule has 0 aliphatic carbocycles. The van der Waals surface area contributed by atoms with Gasteiger partial charge in [-0.25, -0.2) is 4.39 Å². The van der Waals surface area contributed by atoms with Gasteiger partial charge in [-0.1, -0.05) is 40.2 Å². The molecule has 0 fully saturated rings. The Labute approximate surface area is 129 Å². The maximum Gasteiger partial charge on any atom is 0.146 e. The summed E-state index contributed by atoms with van der Waals surface area (Å²) >= 11 is 0. The number of nitrogens with zero attached hydrogens (tertiary/aromatic N) is 1. The first kappa shape index (κ1) is 18.0. The molecule has 0 aromatic heterocycles. The molecule has 0 radical (unpaired) electrons. The second kappa shape index (κ2) is 9.04. The van der Waals surface area contributed by atoms with Gasteiger partial charge in [0, 0.05) is 19.6 Å². The van der Waals surface area contributed by atoms with Crippen LogP contribution in [-0.2, 0) is 6.54 Å². The fraction of sp³-hybridized carbons (Fsp3) is 0.667. The van der Waals surface area contributed by atoms with E-state index in [0.717, 1.165) is 43.9 Å². The molecule has 21 heavy (non-hydrogen) atoms. The van der Waals surface area contributed by atoms with Gasteiger partial charge < -0.3 is 10.2 Å². The van der Waals surface area contributed by atoms with Crippen LogP contribution in [0.3, 0.4) is 0 Å². The molecule has 0 saturated carbocycles. The normalized spacial score (nSPS) is 12.7. The molecule has 0 aliphatic heterocycles. The maximum atomic E-state index is 14.4. The molecule has 0 heterocycles. The van der Waals surface area contributed by atoms with Crippen molar-refractivity contribution in [2.24, 2.45) is 11.8 Å². The third kappa shape index (κ3) is 6.04. The molecule has 1 atom stereocenters. The molecule has 1 aromatic carbocycles. The first-order valence-corrected chi connectivity index (χ1v) is 8.21. The standard InChI is InChI=1S/C18H31FN2/c1-6-15(5)13-21(7-2)18-9-8-16(10-17(18)19)12-20-11-14(3)4/h8-10,14-15,20H,6-7,11-13H2,1-5H3. The van der Waals surface area contributed by atoms with Crippen molar-refractivity contribution < 1.29 is 4.39 Å². The van der Waals surface area contributed by atoms with E-state index >= 15 is 0 Å². The van der Waals surface area contributed by atoms with Crippen molar-refractivity contribution in [3.63, 3.8) is 0 Å². The molecule has 0 bridgehead atoms. The van der Waals surface area contributed by atoms with Crippen LogP contribution in [0.2, 0.25) is 0 Å².